The first-order valence-corrected chi connectivity index (χ1v) is 11.1. The molecule has 37 heavy (non-hydrogen) atoms. The van der Waals surface area contributed by atoms with Crippen LogP contribution in [-0.2, 0) is 35.2 Å². The van der Waals surface area contributed by atoms with Crippen molar-refractivity contribution in [1.82, 2.24) is 16.0 Å². The first-order chi connectivity index (χ1) is 17.2. The van der Waals surface area contributed by atoms with E-state index in [9.17, 15) is 44.1 Å². The normalized spacial score (nSPS) is 14.8. The Bertz CT molecular complexity index is 999. The van der Waals surface area contributed by atoms with Gasteiger partial charge in [-0.05, 0) is 31.0 Å². The molecule has 0 radical (unpaired) electrons. The molecule has 0 aromatic heterocycles. The Hall–Kier alpha value is -4.24. The van der Waals surface area contributed by atoms with Crippen LogP contribution in [0.5, 0.6) is 5.75 Å². The van der Waals surface area contributed by atoms with Crippen molar-refractivity contribution in [2.45, 2.75) is 62.9 Å². The molecule has 0 aliphatic carbocycles. The molecule has 0 aliphatic heterocycles. The van der Waals surface area contributed by atoms with Gasteiger partial charge < -0.3 is 48.5 Å². The molecule has 12 N–H and O–H groups in total. The third-order valence-corrected chi connectivity index (χ3v) is 5.13. The van der Waals surface area contributed by atoms with Gasteiger partial charge in [-0.25, -0.2) is 4.79 Å². The summed E-state index contributed by atoms with van der Waals surface area (Å²) in [5.41, 5.74) is 16.3. The molecule has 0 saturated carbocycles. The van der Waals surface area contributed by atoms with E-state index in [1.807, 2.05) is 0 Å². The largest absolute Gasteiger partial charge is 0.508 e. The highest BCUT2D eigenvalue weighted by atomic mass is 16.4. The summed E-state index contributed by atoms with van der Waals surface area (Å²) in [5.74, 6) is -6.19. The Kier molecular flexibility index (Phi) is 11.9. The zero-order chi connectivity index (χ0) is 28.3. The van der Waals surface area contributed by atoms with Crippen molar-refractivity contribution in [2.24, 2.45) is 17.2 Å². The fourth-order valence-corrected chi connectivity index (χ4v) is 3.11. The number of phenols is 1. The molecule has 0 spiro atoms. The summed E-state index contributed by atoms with van der Waals surface area (Å²) in [6.45, 7) is 1.17. The average molecular weight is 525 g/mol. The molecule has 204 valence electrons. The lowest BCUT2D eigenvalue weighted by molar-refractivity contribution is -0.142. The Labute approximate surface area is 211 Å². The molecule has 1 aromatic carbocycles. The first-order valence-electron chi connectivity index (χ1n) is 11.1. The predicted molar refractivity (Wildman–Crippen MR) is 127 cm³/mol. The van der Waals surface area contributed by atoms with Gasteiger partial charge in [0.25, 0.3) is 0 Å². The highest BCUT2D eigenvalue weighted by Gasteiger charge is 2.33. The van der Waals surface area contributed by atoms with Crippen molar-refractivity contribution >= 4 is 35.5 Å². The van der Waals surface area contributed by atoms with Crippen molar-refractivity contribution in [2.75, 3.05) is 0 Å². The zero-order valence-corrected chi connectivity index (χ0v) is 20.0. The van der Waals surface area contributed by atoms with Crippen LogP contribution in [0.15, 0.2) is 24.3 Å². The number of carboxylic acid groups (broad SMARTS) is 1. The van der Waals surface area contributed by atoms with Crippen molar-refractivity contribution in [3.63, 3.8) is 0 Å². The van der Waals surface area contributed by atoms with Crippen molar-refractivity contribution in [1.29, 1.82) is 0 Å². The Morgan fingerprint density at radius 1 is 0.865 bits per heavy atom. The second-order valence-electron chi connectivity index (χ2n) is 8.34. The summed E-state index contributed by atoms with van der Waals surface area (Å²) in [7, 11) is 0. The van der Waals surface area contributed by atoms with Gasteiger partial charge in [0.2, 0.25) is 29.5 Å². The fourth-order valence-electron chi connectivity index (χ4n) is 3.11. The minimum atomic E-state index is -1.65. The minimum absolute atomic E-state index is 0.0440. The van der Waals surface area contributed by atoms with Crippen LogP contribution in [0.1, 0.15) is 31.7 Å². The van der Waals surface area contributed by atoms with E-state index in [-0.39, 0.29) is 25.0 Å². The first kappa shape index (κ1) is 30.8. The molecule has 15 nitrogen and oxygen atoms in total. The van der Waals surface area contributed by atoms with Crippen molar-refractivity contribution in [3.05, 3.63) is 29.8 Å². The number of carbonyl (C=O) groups excluding carboxylic acids is 5. The number of nitrogens with one attached hydrogen (secondary N) is 3. The maximum atomic E-state index is 12.8. The van der Waals surface area contributed by atoms with Gasteiger partial charge in [0.05, 0.1) is 18.6 Å². The second kappa shape index (κ2) is 14.4. The summed E-state index contributed by atoms with van der Waals surface area (Å²) in [6.07, 6.45) is -2.71. The molecule has 5 amide bonds. The number of aliphatic hydroxyl groups excluding tert-OH is 1. The molecule has 5 atom stereocenters. The molecule has 0 fully saturated rings. The molecule has 0 heterocycles. The summed E-state index contributed by atoms with van der Waals surface area (Å²) in [5, 5.41) is 35.4. The molecule has 0 bridgehead atoms. The summed E-state index contributed by atoms with van der Waals surface area (Å²) < 4.78 is 0. The van der Waals surface area contributed by atoms with Crippen molar-refractivity contribution < 1.29 is 44.1 Å². The number of aromatic hydroxyl groups is 1. The number of rotatable bonds is 15. The predicted octanol–water partition coefficient (Wildman–Crippen LogP) is -3.68. The van der Waals surface area contributed by atoms with Gasteiger partial charge in [0.15, 0.2) is 0 Å². The van der Waals surface area contributed by atoms with Gasteiger partial charge in [-0.1, -0.05) is 12.1 Å². The second-order valence-corrected chi connectivity index (χ2v) is 8.34. The van der Waals surface area contributed by atoms with Gasteiger partial charge in [-0.15, -0.1) is 0 Å². The fraction of sp³-hybridized carbons (Fsp3) is 0.455. The molecule has 5 unspecified atom stereocenters. The third-order valence-electron chi connectivity index (χ3n) is 5.13. The molecule has 1 rings (SSSR count). The average Bonchev–Trinajstić information content (AvgIpc) is 2.80. The highest BCUT2D eigenvalue weighted by molar-refractivity contribution is 5.96. The zero-order valence-electron chi connectivity index (χ0n) is 20.0. The summed E-state index contributed by atoms with van der Waals surface area (Å²) >= 11 is 0. The lowest BCUT2D eigenvalue weighted by Gasteiger charge is -2.26. The number of hydrogen-bond acceptors (Lipinski definition) is 9. The molecule has 15 heteroatoms. The maximum absolute atomic E-state index is 12.8. The van der Waals surface area contributed by atoms with E-state index in [0.29, 0.717) is 5.56 Å². The number of aliphatic hydroxyl groups is 1. The lowest BCUT2D eigenvalue weighted by Crippen LogP contribution is -2.60. The number of hydrogen-bond donors (Lipinski definition) is 9. The number of aliphatic carboxylic acids is 1. The Morgan fingerprint density at radius 3 is 1.92 bits per heavy atom. The van der Waals surface area contributed by atoms with Crippen LogP contribution in [0.4, 0.5) is 0 Å². The highest BCUT2D eigenvalue weighted by Crippen LogP contribution is 2.12. The van der Waals surface area contributed by atoms with Crippen molar-refractivity contribution in [3.8, 4) is 5.75 Å². The third kappa shape index (κ3) is 10.9. The molecular formula is C22H32N6O9. The van der Waals surface area contributed by atoms with Gasteiger partial charge in [-0.3, -0.25) is 24.0 Å². The van der Waals surface area contributed by atoms with Crippen LogP contribution >= 0.6 is 0 Å². The monoisotopic (exact) mass is 524 g/mol. The SMILES string of the molecule is CC(O)C(NC(=O)C(N)CCC(N)=O)C(=O)NC(CC(N)=O)C(=O)NC(Cc1ccc(O)cc1)C(=O)O. The Morgan fingerprint density at radius 2 is 1.43 bits per heavy atom. The maximum Gasteiger partial charge on any atom is 0.326 e. The van der Waals surface area contributed by atoms with Gasteiger partial charge in [0, 0.05) is 12.8 Å². The number of carboxylic acids is 1. The van der Waals surface area contributed by atoms with E-state index < -0.39 is 72.2 Å². The number of nitrogens with two attached hydrogens (primary N) is 3. The van der Waals surface area contributed by atoms with Gasteiger partial charge >= 0.3 is 5.97 Å². The Balaban J connectivity index is 2.97. The van der Waals surface area contributed by atoms with E-state index in [1.54, 1.807) is 0 Å². The summed E-state index contributed by atoms with van der Waals surface area (Å²) in [6, 6.07) is -0.417. The van der Waals surface area contributed by atoms with Crippen LogP contribution < -0.4 is 33.2 Å². The van der Waals surface area contributed by atoms with E-state index in [4.69, 9.17) is 17.2 Å². The number of amides is 5. The quantitative estimate of drug-likeness (QED) is 0.108. The van der Waals surface area contributed by atoms with Gasteiger partial charge in [-0.2, -0.15) is 0 Å². The van der Waals surface area contributed by atoms with E-state index in [1.165, 1.54) is 31.2 Å². The van der Waals surface area contributed by atoms with Crippen LogP contribution in [0.3, 0.4) is 0 Å². The lowest BCUT2D eigenvalue weighted by atomic mass is 10.0. The van der Waals surface area contributed by atoms with E-state index >= 15 is 0 Å². The standard InChI is InChI=1S/C22H32N6O9/c1-10(29)18(28-19(33)13(23)6-7-16(24)31)21(35)26-14(9-17(25)32)20(34)27-15(22(36)37)8-11-2-4-12(30)5-3-11/h2-5,10,13-15,18,29-30H,6-9,23H2,1H3,(H2,24,31)(H2,25,32)(H,26,35)(H,27,34)(H,28,33)(H,36,37). The van der Waals surface area contributed by atoms with Crippen LogP contribution in [0.2, 0.25) is 0 Å². The summed E-state index contributed by atoms with van der Waals surface area (Å²) in [4.78, 5) is 71.9. The number of primary amides is 2. The topological polar surface area (TPSA) is 277 Å². The number of benzene rings is 1. The van der Waals surface area contributed by atoms with Crippen LogP contribution in [-0.4, -0.2) is 81.1 Å². The van der Waals surface area contributed by atoms with Gasteiger partial charge in [0.1, 0.15) is 23.9 Å². The molecule has 1 aromatic rings. The van der Waals surface area contributed by atoms with Crippen LogP contribution in [0, 0.1) is 0 Å². The minimum Gasteiger partial charge on any atom is -0.508 e. The number of phenolic OH excluding ortho intramolecular Hbond substituents is 1. The van der Waals surface area contributed by atoms with E-state index in [0.717, 1.165) is 0 Å². The smallest absolute Gasteiger partial charge is 0.326 e. The van der Waals surface area contributed by atoms with Crippen LogP contribution in [0.25, 0.3) is 0 Å². The van der Waals surface area contributed by atoms with E-state index in [2.05, 4.69) is 16.0 Å². The molecule has 0 aliphatic rings. The molecule has 0 saturated heterocycles. The molecular weight excluding hydrogens is 492 g/mol. The number of carbonyl (C=O) groups is 6.